The molecule has 122 valence electrons. The fraction of sp³-hybridized carbons (Fsp3) is 0.438. The van der Waals surface area contributed by atoms with Crippen molar-refractivity contribution in [2.45, 2.75) is 32.4 Å². The van der Waals surface area contributed by atoms with Gasteiger partial charge in [0.05, 0.1) is 18.7 Å². The molecule has 23 heavy (non-hydrogen) atoms. The van der Waals surface area contributed by atoms with Crippen LogP contribution in [0.25, 0.3) is 0 Å². The summed E-state index contributed by atoms with van der Waals surface area (Å²) in [5, 5.41) is 12.1. The molecule has 7 heteroatoms. The molecule has 1 aromatic heterocycles. The van der Waals surface area contributed by atoms with E-state index in [4.69, 9.17) is 4.74 Å². The van der Waals surface area contributed by atoms with Gasteiger partial charge in [-0.25, -0.2) is 4.79 Å². The van der Waals surface area contributed by atoms with Gasteiger partial charge in [-0.3, -0.25) is 5.32 Å². The summed E-state index contributed by atoms with van der Waals surface area (Å²) < 4.78 is 5.97. The fourth-order valence-corrected chi connectivity index (χ4v) is 3.16. The number of amides is 2. The minimum absolute atomic E-state index is 0.119. The van der Waals surface area contributed by atoms with Crippen LogP contribution in [0.1, 0.15) is 30.5 Å². The molecule has 1 aliphatic rings. The number of aromatic nitrogens is 2. The number of rotatable bonds is 2. The van der Waals surface area contributed by atoms with Crippen molar-refractivity contribution in [3.05, 3.63) is 40.9 Å². The van der Waals surface area contributed by atoms with Crippen LogP contribution in [0.3, 0.4) is 0 Å². The van der Waals surface area contributed by atoms with Crippen molar-refractivity contribution in [1.82, 2.24) is 15.1 Å². The van der Waals surface area contributed by atoms with Crippen molar-refractivity contribution in [1.29, 1.82) is 0 Å². The molecule has 3 rings (SSSR count). The average molecular weight is 332 g/mol. The SMILES string of the molecule is Cc1nnc(NC(=O)N2CC(c3ccccc3)OCC2(C)C)s1. The highest BCUT2D eigenvalue weighted by molar-refractivity contribution is 7.15. The molecule has 1 unspecified atom stereocenters. The van der Waals surface area contributed by atoms with Crippen LogP contribution < -0.4 is 5.32 Å². The molecule has 2 aromatic rings. The lowest BCUT2D eigenvalue weighted by molar-refractivity contribution is -0.0783. The van der Waals surface area contributed by atoms with Crippen LogP contribution in [0.15, 0.2) is 30.3 Å². The monoisotopic (exact) mass is 332 g/mol. The summed E-state index contributed by atoms with van der Waals surface area (Å²) in [7, 11) is 0. The number of anilines is 1. The van der Waals surface area contributed by atoms with E-state index < -0.39 is 0 Å². The number of ether oxygens (including phenoxy) is 1. The summed E-state index contributed by atoms with van der Waals surface area (Å²) in [5.74, 6) is 0. The van der Waals surface area contributed by atoms with Gasteiger partial charge < -0.3 is 9.64 Å². The molecule has 2 amide bonds. The molecule has 0 aliphatic carbocycles. The van der Waals surface area contributed by atoms with Crippen LogP contribution in [0.2, 0.25) is 0 Å². The molecule has 1 saturated heterocycles. The molecule has 1 N–H and O–H groups in total. The zero-order chi connectivity index (χ0) is 16.4. The molecule has 0 bridgehead atoms. The molecule has 0 radical (unpaired) electrons. The Labute approximate surface area is 139 Å². The van der Waals surface area contributed by atoms with Crippen LogP contribution in [0.5, 0.6) is 0 Å². The van der Waals surface area contributed by atoms with Crippen molar-refractivity contribution in [3.63, 3.8) is 0 Å². The molecular weight excluding hydrogens is 312 g/mol. The summed E-state index contributed by atoms with van der Waals surface area (Å²) in [6, 6.07) is 9.80. The zero-order valence-electron chi connectivity index (χ0n) is 13.4. The average Bonchev–Trinajstić information content (AvgIpc) is 2.93. The summed E-state index contributed by atoms with van der Waals surface area (Å²) >= 11 is 1.37. The first kappa shape index (κ1) is 15.9. The zero-order valence-corrected chi connectivity index (χ0v) is 14.3. The van der Waals surface area contributed by atoms with Crippen molar-refractivity contribution < 1.29 is 9.53 Å². The first-order valence-corrected chi connectivity index (χ1v) is 8.33. The first-order chi connectivity index (χ1) is 11.0. The van der Waals surface area contributed by atoms with Gasteiger partial charge in [0.2, 0.25) is 5.13 Å². The van der Waals surface area contributed by atoms with Gasteiger partial charge in [0.25, 0.3) is 0 Å². The third kappa shape index (κ3) is 3.51. The summed E-state index contributed by atoms with van der Waals surface area (Å²) in [6.45, 7) is 6.84. The number of benzene rings is 1. The van der Waals surface area contributed by atoms with Crippen molar-refractivity contribution in [3.8, 4) is 0 Å². The molecule has 1 fully saturated rings. The van der Waals surface area contributed by atoms with E-state index in [9.17, 15) is 4.79 Å². The Morgan fingerprint density at radius 3 is 2.74 bits per heavy atom. The predicted molar refractivity (Wildman–Crippen MR) is 89.6 cm³/mol. The second-order valence-corrected chi connectivity index (χ2v) is 7.37. The summed E-state index contributed by atoms with van der Waals surface area (Å²) in [4.78, 5) is 14.5. The number of carbonyl (C=O) groups excluding carboxylic acids is 1. The summed E-state index contributed by atoms with van der Waals surface area (Å²) in [5.41, 5.74) is 0.697. The highest BCUT2D eigenvalue weighted by Gasteiger charge is 2.38. The van der Waals surface area contributed by atoms with E-state index in [-0.39, 0.29) is 17.7 Å². The maximum atomic E-state index is 12.7. The lowest BCUT2D eigenvalue weighted by atomic mass is 9.98. The molecule has 1 aromatic carbocycles. The van der Waals surface area contributed by atoms with E-state index in [0.717, 1.165) is 10.6 Å². The maximum absolute atomic E-state index is 12.7. The van der Waals surface area contributed by atoms with E-state index in [0.29, 0.717) is 18.3 Å². The van der Waals surface area contributed by atoms with E-state index in [1.165, 1.54) is 11.3 Å². The van der Waals surface area contributed by atoms with Gasteiger partial charge in [0.15, 0.2) is 0 Å². The topological polar surface area (TPSA) is 67.4 Å². The number of morpholine rings is 1. The highest BCUT2D eigenvalue weighted by Crippen LogP contribution is 2.31. The Hall–Kier alpha value is -1.99. The van der Waals surface area contributed by atoms with Crippen LogP contribution in [-0.4, -0.2) is 39.8 Å². The van der Waals surface area contributed by atoms with Crippen molar-refractivity contribution in [2.24, 2.45) is 0 Å². The summed E-state index contributed by atoms with van der Waals surface area (Å²) in [6.07, 6.45) is -0.119. The third-order valence-electron chi connectivity index (χ3n) is 3.87. The molecule has 0 spiro atoms. The smallest absolute Gasteiger partial charge is 0.324 e. The molecule has 1 atom stereocenters. The number of hydrogen-bond donors (Lipinski definition) is 1. The maximum Gasteiger partial charge on any atom is 0.324 e. The molecule has 6 nitrogen and oxygen atoms in total. The van der Waals surface area contributed by atoms with Gasteiger partial charge in [-0.1, -0.05) is 41.7 Å². The van der Waals surface area contributed by atoms with Crippen LogP contribution >= 0.6 is 11.3 Å². The van der Waals surface area contributed by atoms with Crippen molar-refractivity contribution in [2.75, 3.05) is 18.5 Å². The fourth-order valence-electron chi connectivity index (χ4n) is 2.58. The van der Waals surface area contributed by atoms with Gasteiger partial charge in [-0.15, -0.1) is 10.2 Å². The predicted octanol–water partition coefficient (Wildman–Crippen LogP) is 3.23. The van der Waals surface area contributed by atoms with Gasteiger partial charge in [0.1, 0.15) is 11.1 Å². The minimum atomic E-state index is -0.380. The molecule has 0 saturated carbocycles. The molecular formula is C16H20N4O2S. The van der Waals surface area contributed by atoms with Crippen LogP contribution in [0, 0.1) is 6.92 Å². The van der Waals surface area contributed by atoms with E-state index in [2.05, 4.69) is 15.5 Å². The Morgan fingerprint density at radius 2 is 2.09 bits per heavy atom. The lowest BCUT2D eigenvalue weighted by Gasteiger charge is -2.45. The van der Waals surface area contributed by atoms with Crippen LogP contribution in [-0.2, 0) is 4.74 Å². The van der Waals surface area contributed by atoms with Gasteiger partial charge in [0, 0.05) is 0 Å². The number of carbonyl (C=O) groups is 1. The van der Waals surface area contributed by atoms with E-state index in [1.54, 1.807) is 0 Å². The van der Waals surface area contributed by atoms with Gasteiger partial charge >= 0.3 is 6.03 Å². The van der Waals surface area contributed by atoms with E-state index in [1.807, 2.05) is 56.0 Å². The molecule has 1 aliphatic heterocycles. The Balaban J connectivity index is 1.76. The number of aryl methyl sites for hydroxylation is 1. The molecule has 2 heterocycles. The van der Waals surface area contributed by atoms with Gasteiger partial charge in [-0.2, -0.15) is 0 Å². The number of urea groups is 1. The Bertz CT molecular complexity index is 686. The third-order valence-corrected chi connectivity index (χ3v) is 4.63. The Morgan fingerprint density at radius 1 is 1.35 bits per heavy atom. The second-order valence-electron chi connectivity index (χ2n) is 6.19. The van der Waals surface area contributed by atoms with E-state index >= 15 is 0 Å². The number of nitrogens with one attached hydrogen (secondary N) is 1. The first-order valence-electron chi connectivity index (χ1n) is 7.51. The largest absolute Gasteiger partial charge is 0.369 e. The Kier molecular flexibility index (Phi) is 4.32. The second kappa shape index (κ2) is 6.25. The van der Waals surface area contributed by atoms with Gasteiger partial charge in [-0.05, 0) is 26.3 Å². The van der Waals surface area contributed by atoms with Crippen molar-refractivity contribution >= 4 is 22.5 Å². The number of hydrogen-bond acceptors (Lipinski definition) is 5. The normalized spacial score (nSPS) is 20.3. The lowest BCUT2D eigenvalue weighted by Crippen LogP contribution is -2.57. The standard InChI is InChI=1S/C16H20N4O2S/c1-11-18-19-14(23-11)17-15(21)20-9-13(22-10-16(20,2)3)12-7-5-4-6-8-12/h4-8,13H,9-10H2,1-3H3,(H,17,19,21). The minimum Gasteiger partial charge on any atom is -0.369 e. The highest BCUT2D eigenvalue weighted by atomic mass is 32.1. The quantitative estimate of drug-likeness (QED) is 0.917. The number of nitrogens with zero attached hydrogens (tertiary/aromatic N) is 3. The van der Waals surface area contributed by atoms with Crippen LogP contribution in [0.4, 0.5) is 9.93 Å².